The number of ether oxygens (including phenoxy) is 2. The van der Waals surface area contributed by atoms with Crippen LogP contribution in [-0.2, 0) is 11.2 Å². The largest absolute Gasteiger partial charge is 0.496 e. The van der Waals surface area contributed by atoms with E-state index in [-0.39, 0.29) is 14.9 Å². The maximum Gasteiger partial charge on any atom is 0.122 e. The fourth-order valence-electron chi connectivity index (χ4n) is 2.99. The Morgan fingerprint density at radius 2 is 1.43 bits per heavy atom. The molecular formula is C26H52O2. The lowest BCUT2D eigenvalue weighted by atomic mass is 9.81. The average Bonchev–Trinajstić information content (AvgIpc) is 2.68. The Kier molecular flexibility index (Phi) is 21.8. The quantitative estimate of drug-likeness (QED) is 0.329. The van der Waals surface area contributed by atoms with Gasteiger partial charge in [-0.1, -0.05) is 74.4 Å². The zero-order chi connectivity index (χ0) is 19.8. The van der Waals surface area contributed by atoms with Gasteiger partial charge in [0.1, 0.15) is 5.75 Å². The highest BCUT2D eigenvalue weighted by atomic mass is 16.5. The number of aryl methyl sites for hydroxylation is 2. The lowest BCUT2D eigenvalue weighted by molar-refractivity contribution is 0.0339. The van der Waals surface area contributed by atoms with Crippen LogP contribution in [0, 0.1) is 12.3 Å². The molecule has 2 heteroatoms. The number of hydrogen-bond donors (Lipinski definition) is 0. The molecule has 1 aromatic carbocycles. The highest BCUT2D eigenvalue weighted by Gasteiger charge is 2.23. The molecule has 0 spiro atoms. The molecule has 0 saturated carbocycles. The monoisotopic (exact) mass is 396 g/mol. The van der Waals surface area contributed by atoms with Crippen LogP contribution in [0.2, 0.25) is 0 Å². The van der Waals surface area contributed by atoms with Gasteiger partial charge in [0.05, 0.1) is 13.7 Å². The zero-order valence-electron chi connectivity index (χ0n) is 18.6. The summed E-state index contributed by atoms with van der Waals surface area (Å²) in [6.45, 7) is 15.2. The molecule has 0 aromatic heterocycles. The Morgan fingerprint density at radius 1 is 0.857 bits per heavy atom. The minimum atomic E-state index is 0. The van der Waals surface area contributed by atoms with Gasteiger partial charge in [-0.2, -0.15) is 0 Å². The van der Waals surface area contributed by atoms with Gasteiger partial charge in [-0.15, -0.1) is 0 Å². The van der Waals surface area contributed by atoms with Crippen LogP contribution in [0.25, 0.3) is 0 Å². The highest BCUT2D eigenvalue weighted by Crippen LogP contribution is 2.30. The third kappa shape index (κ3) is 12.4. The van der Waals surface area contributed by atoms with Crippen molar-refractivity contribution in [3.05, 3.63) is 29.3 Å². The molecule has 0 amide bonds. The normalized spacial score (nSPS) is 10.2. The third-order valence-electron chi connectivity index (χ3n) is 5.59. The highest BCUT2D eigenvalue weighted by molar-refractivity contribution is 5.36. The van der Waals surface area contributed by atoms with E-state index < -0.39 is 0 Å². The van der Waals surface area contributed by atoms with Gasteiger partial charge in [-0.3, -0.25) is 0 Å². The first-order valence-corrected chi connectivity index (χ1v) is 10.7. The van der Waals surface area contributed by atoms with E-state index in [2.05, 4.69) is 59.7 Å². The fourth-order valence-corrected chi connectivity index (χ4v) is 2.99. The summed E-state index contributed by atoms with van der Waals surface area (Å²) in [6, 6.07) is 6.46. The smallest absolute Gasteiger partial charge is 0.122 e. The summed E-state index contributed by atoms with van der Waals surface area (Å²) in [5.41, 5.74) is 3.04. The molecule has 28 heavy (non-hydrogen) atoms. The summed E-state index contributed by atoms with van der Waals surface area (Å²) < 4.78 is 11.0. The van der Waals surface area contributed by atoms with Crippen LogP contribution in [0.15, 0.2) is 18.2 Å². The van der Waals surface area contributed by atoms with E-state index in [4.69, 9.17) is 9.47 Å². The van der Waals surface area contributed by atoms with Gasteiger partial charge in [-0.25, -0.2) is 0 Å². The van der Waals surface area contributed by atoms with Gasteiger partial charge in [0, 0.05) is 6.61 Å². The Hall–Kier alpha value is -1.02. The van der Waals surface area contributed by atoms with Crippen LogP contribution in [0.5, 0.6) is 5.75 Å². The lowest BCUT2D eigenvalue weighted by Crippen LogP contribution is -2.24. The second-order valence-corrected chi connectivity index (χ2v) is 7.37. The van der Waals surface area contributed by atoms with Gasteiger partial charge >= 0.3 is 0 Å². The molecule has 0 aliphatic heterocycles. The van der Waals surface area contributed by atoms with Crippen LogP contribution in [0.4, 0.5) is 0 Å². The molecule has 168 valence electrons. The topological polar surface area (TPSA) is 18.5 Å². The predicted octanol–water partition coefficient (Wildman–Crippen LogP) is 8.64. The summed E-state index contributed by atoms with van der Waals surface area (Å²) in [5.74, 6) is 1.01. The van der Waals surface area contributed by atoms with Crippen molar-refractivity contribution in [2.75, 3.05) is 20.3 Å². The van der Waals surface area contributed by atoms with Gasteiger partial charge < -0.3 is 9.47 Å². The summed E-state index contributed by atoms with van der Waals surface area (Å²) >= 11 is 0. The molecule has 1 rings (SSSR count). The molecule has 0 saturated heterocycles. The Bertz CT molecular complexity index is 441. The molecule has 0 aliphatic rings. The molecule has 0 atom stereocenters. The summed E-state index contributed by atoms with van der Waals surface area (Å²) in [5, 5.41) is 0. The molecule has 0 bridgehead atoms. The number of benzene rings is 1. The van der Waals surface area contributed by atoms with Crippen LogP contribution < -0.4 is 4.74 Å². The lowest BCUT2D eigenvalue weighted by Gasteiger charge is -2.30. The molecule has 0 aliphatic carbocycles. The molecule has 1 aromatic rings. The first-order valence-electron chi connectivity index (χ1n) is 10.7. The van der Waals surface area contributed by atoms with E-state index in [1.54, 1.807) is 7.11 Å². The van der Waals surface area contributed by atoms with E-state index in [1.807, 2.05) is 0 Å². The first-order chi connectivity index (χ1) is 12.5. The minimum absolute atomic E-state index is 0. The molecule has 0 heterocycles. The Labute approximate surface area is 178 Å². The van der Waals surface area contributed by atoms with Crippen molar-refractivity contribution in [2.24, 2.45) is 5.41 Å². The SMILES string of the molecule is C.C.CCCCOCC(CC)(CC)CC.CCCCc1ccc(C)c(OC)c1. The maximum atomic E-state index is 5.71. The molecule has 2 nitrogen and oxygen atoms in total. The van der Waals surface area contributed by atoms with E-state index in [1.165, 1.54) is 56.1 Å². The number of unbranched alkanes of at least 4 members (excludes halogenated alkanes) is 2. The van der Waals surface area contributed by atoms with Gasteiger partial charge in [0.2, 0.25) is 0 Å². The van der Waals surface area contributed by atoms with Crippen LogP contribution in [0.1, 0.15) is 106 Å². The van der Waals surface area contributed by atoms with Crippen molar-refractivity contribution >= 4 is 0 Å². The predicted molar refractivity (Wildman–Crippen MR) is 129 cm³/mol. The van der Waals surface area contributed by atoms with Gasteiger partial charge in [0.25, 0.3) is 0 Å². The van der Waals surface area contributed by atoms with Crippen molar-refractivity contribution < 1.29 is 9.47 Å². The second kappa shape index (κ2) is 19.3. The van der Waals surface area contributed by atoms with E-state index >= 15 is 0 Å². The first kappa shape index (κ1) is 31.7. The standard InChI is InChI=1S/C12H18O.C12H26O.2CH4/c1-4-5-6-11-8-7-10(2)12(9-11)13-3;1-5-9-10-13-11-12(6-2,7-3)8-4;;/h7-9H,4-6H2,1-3H3;5-11H2,1-4H3;2*1H4. The molecular weight excluding hydrogens is 344 g/mol. The molecule has 0 unspecified atom stereocenters. The minimum Gasteiger partial charge on any atom is -0.496 e. The molecule has 0 N–H and O–H groups in total. The Balaban J connectivity index is -0.000000417. The summed E-state index contributed by atoms with van der Waals surface area (Å²) in [7, 11) is 1.73. The van der Waals surface area contributed by atoms with Crippen molar-refractivity contribution in [3.63, 3.8) is 0 Å². The van der Waals surface area contributed by atoms with Gasteiger partial charge in [0.15, 0.2) is 0 Å². The summed E-state index contributed by atoms with van der Waals surface area (Å²) in [6.07, 6.45) is 9.82. The number of hydrogen-bond acceptors (Lipinski definition) is 2. The van der Waals surface area contributed by atoms with Crippen molar-refractivity contribution in [1.82, 2.24) is 0 Å². The van der Waals surface area contributed by atoms with Crippen molar-refractivity contribution in [2.45, 2.75) is 108 Å². The van der Waals surface area contributed by atoms with Gasteiger partial charge in [-0.05, 0) is 68.1 Å². The molecule has 0 fully saturated rings. The zero-order valence-corrected chi connectivity index (χ0v) is 18.6. The van der Waals surface area contributed by atoms with E-state index in [9.17, 15) is 0 Å². The average molecular weight is 397 g/mol. The summed E-state index contributed by atoms with van der Waals surface area (Å²) in [4.78, 5) is 0. The molecule has 0 radical (unpaired) electrons. The van der Waals surface area contributed by atoms with Crippen LogP contribution in [0.3, 0.4) is 0 Å². The van der Waals surface area contributed by atoms with Crippen molar-refractivity contribution in [3.8, 4) is 5.75 Å². The van der Waals surface area contributed by atoms with E-state index in [0.717, 1.165) is 25.4 Å². The Morgan fingerprint density at radius 3 is 1.89 bits per heavy atom. The second-order valence-electron chi connectivity index (χ2n) is 7.37. The van der Waals surface area contributed by atoms with E-state index in [0.29, 0.717) is 5.41 Å². The van der Waals surface area contributed by atoms with Crippen molar-refractivity contribution in [1.29, 1.82) is 0 Å². The van der Waals surface area contributed by atoms with Crippen LogP contribution in [-0.4, -0.2) is 20.3 Å². The third-order valence-corrected chi connectivity index (χ3v) is 5.59. The number of methoxy groups -OCH3 is 1. The fraction of sp³-hybridized carbons (Fsp3) is 0.769. The van der Waals surface area contributed by atoms with Crippen LogP contribution >= 0.6 is 0 Å². The maximum absolute atomic E-state index is 5.71. The number of rotatable bonds is 12.